The van der Waals surface area contributed by atoms with Crippen LogP contribution in [0.5, 0.6) is 0 Å². The zero-order valence-electron chi connectivity index (χ0n) is 10.3. The van der Waals surface area contributed by atoms with E-state index in [-0.39, 0.29) is 17.4 Å². The van der Waals surface area contributed by atoms with E-state index >= 15 is 0 Å². The topological polar surface area (TPSA) is 52.3 Å². The Kier molecular flexibility index (Phi) is 5.16. The molecule has 0 bridgehead atoms. The quantitative estimate of drug-likeness (QED) is 0.848. The number of thiophene rings is 1. The number of carbonyl (C=O) groups is 1. The average Bonchev–Trinajstić information content (AvgIpc) is 2.74. The molecule has 0 fully saturated rings. The highest BCUT2D eigenvalue weighted by molar-refractivity contribution is 9.10. The van der Waals surface area contributed by atoms with Crippen molar-refractivity contribution in [3.8, 4) is 0 Å². The fourth-order valence-corrected chi connectivity index (χ4v) is 3.49. The van der Waals surface area contributed by atoms with Gasteiger partial charge in [-0.3, -0.25) is 4.79 Å². The van der Waals surface area contributed by atoms with Gasteiger partial charge in [-0.05, 0) is 28.4 Å². The van der Waals surface area contributed by atoms with E-state index in [1.165, 1.54) is 7.11 Å². The Morgan fingerprint density at radius 1 is 1.71 bits per heavy atom. The second-order valence-corrected chi connectivity index (χ2v) is 6.14. The summed E-state index contributed by atoms with van der Waals surface area (Å²) < 4.78 is 5.79. The van der Waals surface area contributed by atoms with Gasteiger partial charge in [0.2, 0.25) is 0 Å². The van der Waals surface area contributed by atoms with Gasteiger partial charge in [0.15, 0.2) is 0 Å². The van der Waals surface area contributed by atoms with Gasteiger partial charge >= 0.3 is 5.97 Å². The van der Waals surface area contributed by atoms with Gasteiger partial charge in [-0.25, -0.2) is 0 Å². The van der Waals surface area contributed by atoms with Gasteiger partial charge in [-0.2, -0.15) is 0 Å². The van der Waals surface area contributed by atoms with Crippen LogP contribution in [0.2, 0.25) is 0 Å². The summed E-state index contributed by atoms with van der Waals surface area (Å²) in [5, 5.41) is 2.01. The summed E-state index contributed by atoms with van der Waals surface area (Å²) in [6.07, 6.45) is 1.13. The summed E-state index contributed by atoms with van der Waals surface area (Å²) in [5.74, 6) is -0.221. The van der Waals surface area contributed by atoms with Crippen molar-refractivity contribution in [2.75, 3.05) is 7.11 Å². The Morgan fingerprint density at radius 2 is 2.35 bits per heavy atom. The molecule has 1 aromatic rings. The Morgan fingerprint density at radius 3 is 2.76 bits per heavy atom. The molecule has 0 aromatic carbocycles. The number of carbonyl (C=O) groups excluding carboxylic acids is 1. The van der Waals surface area contributed by atoms with Crippen LogP contribution in [-0.4, -0.2) is 19.1 Å². The molecule has 0 aliphatic rings. The van der Waals surface area contributed by atoms with Crippen LogP contribution in [0.4, 0.5) is 0 Å². The van der Waals surface area contributed by atoms with Crippen molar-refractivity contribution in [1.29, 1.82) is 0 Å². The summed E-state index contributed by atoms with van der Waals surface area (Å²) in [6.45, 7) is 4.05. The molecular formula is C12H18BrNO2S. The Hall–Kier alpha value is -0.390. The fourth-order valence-electron chi connectivity index (χ4n) is 1.84. The molecule has 2 N–H and O–H groups in total. The molecule has 5 heteroatoms. The molecule has 0 spiro atoms. The van der Waals surface area contributed by atoms with Crippen LogP contribution < -0.4 is 5.73 Å². The van der Waals surface area contributed by atoms with E-state index in [1.807, 2.05) is 25.3 Å². The highest BCUT2D eigenvalue weighted by atomic mass is 79.9. The number of halogens is 1. The normalized spacial score (nSPS) is 16.3. The Labute approximate surface area is 114 Å². The molecule has 17 heavy (non-hydrogen) atoms. The van der Waals surface area contributed by atoms with Gasteiger partial charge in [0.25, 0.3) is 0 Å². The minimum atomic E-state index is -0.363. The lowest BCUT2D eigenvalue weighted by atomic mass is 9.77. The first-order chi connectivity index (χ1) is 7.93. The lowest BCUT2D eigenvalue weighted by molar-refractivity contribution is -0.142. The third-order valence-corrected chi connectivity index (χ3v) is 5.10. The van der Waals surface area contributed by atoms with Crippen molar-refractivity contribution >= 4 is 33.2 Å². The van der Waals surface area contributed by atoms with Crippen molar-refractivity contribution in [1.82, 2.24) is 0 Å². The Bertz CT molecular complexity index is 394. The molecule has 0 saturated carbocycles. The van der Waals surface area contributed by atoms with Crippen molar-refractivity contribution < 1.29 is 9.53 Å². The first kappa shape index (κ1) is 14.7. The molecule has 2 unspecified atom stereocenters. The van der Waals surface area contributed by atoms with Crippen molar-refractivity contribution in [3.63, 3.8) is 0 Å². The van der Waals surface area contributed by atoms with Crippen LogP contribution in [0.25, 0.3) is 0 Å². The van der Waals surface area contributed by atoms with Crippen molar-refractivity contribution in [3.05, 3.63) is 20.8 Å². The molecular weight excluding hydrogens is 302 g/mol. The molecule has 0 radical (unpaired) electrons. The molecule has 0 amide bonds. The molecule has 1 heterocycles. The number of ether oxygens (including phenoxy) is 1. The summed E-state index contributed by atoms with van der Waals surface area (Å²) in [7, 11) is 1.41. The lowest BCUT2D eigenvalue weighted by Gasteiger charge is -2.33. The highest BCUT2D eigenvalue weighted by Crippen LogP contribution is 2.37. The van der Waals surface area contributed by atoms with Crippen LogP contribution in [0, 0.1) is 0 Å². The van der Waals surface area contributed by atoms with E-state index in [1.54, 1.807) is 11.3 Å². The maximum absolute atomic E-state index is 11.5. The molecule has 0 aliphatic heterocycles. The predicted octanol–water partition coefficient (Wildman–Crippen LogP) is 3.07. The van der Waals surface area contributed by atoms with Gasteiger partial charge in [0.05, 0.1) is 13.5 Å². The molecule has 96 valence electrons. The van der Waals surface area contributed by atoms with Gasteiger partial charge in [-0.1, -0.05) is 13.8 Å². The number of hydrogen-bond donors (Lipinski definition) is 1. The van der Waals surface area contributed by atoms with Crippen molar-refractivity contribution in [2.24, 2.45) is 5.73 Å². The van der Waals surface area contributed by atoms with Crippen LogP contribution in [0.3, 0.4) is 0 Å². The van der Waals surface area contributed by atoms with Crippen LogP contribution >= 0.6 is 27.3 Å². The molecule has 0 saturated heterocycles. The number of nitrogens with two attached hydrogens (primary N) is 1. The third-order valence-electron chi connectivity index (χ3n) is 3.13. The summed E-state index contributed by atoms with van der Waals surface area (Å²) in [5.41, 5.74) is 5.82. The van der Waals surface area contributed by atoms with Crippen molar-refractivity contribution in [2.45, 2.75) is 38.1 Å². The molecule has 0 aliphatic carbocycles. The first-order valence-electron chi connectivity index (χ1n) is 5.51. The first-order valence-corrected chi connectivity index (χ1v) is 7.18. The zero-order chi connectivity index (χ0) is 13.1. The summed E-state index contributed by atoms with van der Waals surface area (Å²) in [6, 6.07) is 1.97. The van der Waals surface area contributed by atoms with E-state index in [0.29, 0.717) is 6.42 Å². The van der Waals surface area contributed by atoms with Gasteiger partial charge in [0.1, 0.15) is 0 Å². The molecule has 1 rings (SSSR count). The number of rotatable bonds is 5. The average molecular weight is 320 g/mol. The van der Waals surface area contributed by atoms with Crippen LogP contribution in [-0.2, 0) is 14.9 Å². The predicted molar refractivity (Wildman–Crippen MR) is 74.3 cm³/mol. The van der Waals surface area contributed by atoms with E-state index in [2.05, 4.69) is 15.9 Å². The number of esters is 1. The largest absolute Gasteiger partial charge is 0.469 e. The van der Waals surface area contributed by atoms with Crippen LogP contribution in [0.1, 0.15) is 31.6 Å². The molecule has 2 atom stereocenters. The maximum Gasteiger partial charge on any atom is 0.306 e. The van der Waals surface area contributed by atoms with E-state index < -0.39 is 0 Å². The van der Waals surface area contributed by atoms with E-state index in [0.717, 1.165) is 15.8 Å². The molecule has 3 nitrogen and oxygen atoms in total. The second kappa shape index (κ2) is 5.98. The Balaban J connectivity index is 3.05. The monoisotopic (exact) mass is 319 g/mol. The highest BCUT2D eigenvalue weighted by Gasteiger charge is 2.36. The SMILES string of the molecule is CCC(N)C(C)(CC(=O)OC)c1cc(Br)cs1. The minimum absolute atomic E-state index is 0.0628. The summed E-state index contributed by atoms with van der Waals surface area (Å²) >= 11 is 5.05. The fraction of sp³-hybridized carbons (Fsp3) is 0.583. The van der Waals surface area contributed by atoms with Crippen LogP contribution in [0.15, 0.2) is 15.9 Å². The minimum Gasteiger partial charge on any atom is -0.469 e. The van der Waals surface area contributed by atoms with Gasteiger partial charge < -0.3 is 10.5 Å². The standard InChI is InChI=1S/C12H18BrNO2S/c1-4-9(14)12(2,6-11(15)16-3)10-5-8(13)7-17-10/h5,7,9H,4,6,14H2,1-3H3. The van der Waals surface area contributed by atoms with E-state index in [4.69, 9.17) is 10.5 Å². The van der Waals surface area contributed by atoms with Gasteiger partial charge in [0, 0.05) is 26.2 Å². The van der Waals surface area contributed by atoms with E-state index in [9.17, 15) is 4.79 Å². The van der Waals surface area contributed by atoms with Gasteiger partial charge in [-0.15, -0.1) is 11.3 Å². The smallest absolute Gasteiger partial charge is 0.306 e. The number of methoxy groups -OCH3 is 1. The zero-order valence-corrected chi connectivity index (χ0v) is 12.7. The molecule has 1 aromatic heterocycles. The maximum atomic E-state index is 11.5. The summed E-state index contributed by atoms with van der Waals surface area (Å²) in [4.78, 5) is 12.7. The number of hydrogen-bond acceptors (Lipinski definition) is 4. The second-order valence-electron chi connectivity index (χ2n) is 4.31. The third kappa shape index (κ3) is 3.30. The lowest BCUT2D eigenvalue weighted by Crippen LogP contribution is -2.44.